The van der Waals surface area contributed by atoms with Crippen molar-refractivity contribution in [2.24, 2.45) is 5.92 Å². The Morgan fingerprint density at radius 1 is 1.48 bits per heavy atom. The molecule has 0 saturated carbocycles. The summed E-state index contributed by atoms with van der Waals surface area (Å²) >= 11 is 1.59. The van der Waals surface area contributed by atoms with Gasteiger partial charge in [-0.05, 0) is 18.4 Å². The van der Waals surface area contributed by atoms with Crippen LogP contribution >= 0.6 is 11.3 Å². The summed E-state index contributed by atoms with van der Waals surface area (Å²) in [6.45, 7) is 4.52. The summed E-state index contributed by atoms with van der Waals surface area (Å²) in [5, 5.41) is 8.70. The smallest absolute Gasteiger partial charge is 0.232 e. The molecule has 1 aliphatic rings. The lowest BCUT2D eigenvalue weighted by atomic mass is 9.95. The highest BCUT2D eigenvalue weighted by molar-refractivity contribution is 7.09. The highest BCUT2D eigenvalue weighted by Crippen LogP contribution is 2.32. The average Bonchev–Trinajstić information content (AvgIpc) is 3.24. The number of carbonyl (C=O) groups is 2. The van der Waals surface area contributed by atoms with Gasteiger partial charge in [-0.3, -0.25) is 9.59 Å². The van der Waals surface area contributed by atoms with Crippen LogP contribution in [-0.4, -0.2) is 39.9 Å². The summed E-state index contributed by atoms with van der Waals surface area (Å²) in [5.41, 5.74) is 0. The molecular formula is C15H18N4O3S. The minimum absolute atomic E-state index is 0.0557. The van der Waals surface area contributed by atoms with E-state index in [1.807, 2.05) is 17.5 Å². The third-order valence-electron chi connectivity index (χ3n) is 3.98. The van der Waals surface area contributed by atoms with Crippen LogP contribution in [0.4, 0.5) is 0 Å². The van der Waals surface area contributed by atoms with Gasteiger partial charge in [0, 0.05) is 24.9 Å². The number of nitrogens with zero attached hydrogens (tertiary/aromatic N) is 3. The summed E-state index contributed by atoms with van der Waals surface area (Å²) in [6, 6.07) is 3.92. The number of hydrogen-bond donors (Lipinski definition) is 1. The quantitative estimate of drug-likeness (QED) is 0.911. The van der Waals surface area contributed by atoms with Crippen LogP contribution in [0, 0.1) is 12.8 Å². The van der Waals surface area contributed by atoms with Gasteiger partial charge in [-0.15, -0.1) is 11.3 Å². The Kier molecular flexibility index (Phi) is 4.42. The van der Waals surface area contributed by atoms with E-state index in [2.05, 4.69) is 15.5 Å². The lowest BCUT2D eigenvalue weighted by Crippen LogP contribution is -2.34. The monoisotopic (exact) mass is 334 g/mol. The molecule has 122 valence electrons. The van der Waals surface area contributed by atoms with Gasteiger partial charge < -0.3 is 14.7 Å². The molecule has 0 spiro atoms. The third kappa shape index (κ3) is 3.42. The largest absolute Gasteiger partial charge is 0.351 e. The Labute approximate surface area is 137 Å². The van der Waals surface area contributed by atoms with Crippen molar-refractivity contribution in [1.29, 1.82) is 0 Å². The number of amides is 2. The van der Waals surface area contributed by atoms with Gasteiger partial charge in [0.05, 0.1) is 18.4 Å². The number of rotatable bonds is 4. The number of nitrogens with one attached hydrogen (secondary N) is 1. The maximum absolute atomic E-state index is 12.6. The Bertz CT molecular complexity index is 697. The Morgan fingerprint density at radius 3 is 2.91 bits per heavy atom. The van der Waals surface area contributed by atoms with Crippen LogP contribution in [0.2, 0.25) is 0 Å². The summed E-state index contributed by atoms with van der Waals surface area (Å²) in [6.07, 6.45) is 0. The highest BCUT2D eigenvalue weighted by atomic mass is 32.1. The molecule has 0 bridgehead atoms. The second-order valence-electron chi connectivity index (χ2n) is 5.61. The SMILES string of the molecule is CC(=O)N1CC(C(=O)NCc2cccs2)C(c2nc(C)no2)C1. The van der Waals surface area contributed by atoms with E-state index in [1.54, 1.807) is 23.2 Å². The van der Waals surface area contributed by atoms with E-state index in [9.17, 15) is 9.59 Å². The van der Waals surface area contributed by atoms with Gasteiger partial charge in [0.2, 0.25) is 17.7 Å². The molecule has 1 N–H and O–H groups in total. The van der Waals surface area contributed by atoms with Gasteiger partial charge in [-0.1, -0.05) is 11.2 Å². The fraction of sp³-hybridized carbons (Fsp3) is 0.467. The van der Waals surface area contributed by atoms with Crippen LogP contribution < -0.4 is 5.32 Å². The van der Waals surface area contributed by atoms with Crippen molar-refractivity contribution in [2.45, 2.75) is 26.3 Å². The Balaban J connectivity index is 1.73. The molecule has 0 aromatic carbocycles. The number of thiophene rings is 1. The van der Waals surface area contributed by atoms with Crippen LogP contribution in [0.5, 0.6) is 0 Å². The van der Waals surface area contributed by atoms with E-state index in [-0.39, 0.29) is 23.7 Å². The first-order valence-electron chi connectivity index (χ1n) is 7.40. The number of hydrogen-bond acceptors (Lipinski definition) is 6. The zero-order valence-electron chi connectivity index (χ0n) is 13.0. The minimum Gasteiger partial charge on any atom is -0.351 e. The van der Waals surface area contributed by atoms with E-state index in [0.717, 1.165) is 4.88 Å². The molecule has 1 saturated heterocycles. The van der Waals surface area contributed by atoms with Gasteiger partial charge in [0.1, 0.15) is 0 Å². The number of aromatic nitrogens is 2. The first-order chi connectivity index (χ1) is 11.0. The molecular weight excluding hydrogens is 316 g/mol. The first kappa shape index (κ1) is 15.7. The summed E-state index contributed by atoms with van der Waals surface area (Å²) in [4.78, 5) is 31.2. The molecule has 0 aliphatic carbocycles. The van der Waals surface area contributed by atoms with E-state index in [1.165, 1.54) is 6.92 Å². The van der Waals surface area contributed by atoms with Crippen molar-refractivity contribution in [3.8, 4) is 0 Å². The van der Waals surface area contributed by atoms with Crippen molar-refractivity contribution < 1.29 is 14.1 Å². The van der Waals surface area contributed by atoms with Gasteiger partial charge in [-0.2, -0.15) is 4.98 Å². The van der Waals surface area contributed by atoms with E-state index in [0.29, 0.717) is 31.3 Å². The molecule has 1 fully saturated rings. The minimum atomic E-state index is -0.376. The third-order valence-corrected chi connectivity index (χ3v) is 4.86. The summed E-state index contributed by atoms with van der Waals surface area (Å²) in [5.74, 6) is 0.159. The van der Waals surface area contributed by atoms with Crippen molar-refractivity contribution in [3.05, 3.63) is 34.1 Å². The molecule has 2 atom stereocenters. The first-order valence-corrected chi connectivity index (χ1v) is 8.28. The molecule has 3 rings (SSSR count). The van der Waals surface area contributed by atoms with Crippen LogP contribution in [-0.2, 0) is 16.1 Å². The molecule has 23 heavy (non-hydrogen) atoms. The lowest BCUT2D eigenvalue weighted by molar-refractivity contribution is -0.128. The maximum atomic E-state index is 12.6. The zero-order chi connectivity index (χ0) is 16.4. The zero-order valence-corrected chi connectivity index (χ0v) is 13.8. The lowest BCUT2D eigenvalue weighted by Gasteiger charge is -2.14. The van der Waals surface area contributed by atoms with Gasteiger partial charge in [0.15, 0.2) is 5.82 Å². The van der Waals surface area contributed by atoms with Crippen molar-refractivity contribution in [2.75, 3.05) is 13.1 Å². The fourth-order valence-electron chi connectivity index (χ4n) is 2.76. The predicted octanol–water partition coefficient (Wildman–Crippen LogP) is 1.32. The van der Waals surface area contributed by atoms with E-state index < -0.39 is 0 Å². The molecule has 8 heteroatoms. The summed E-state index contributed by atoms with van der Waals surface area (Å²) < 4.78 is 5.23. The second-order valence-corrected chi connectivity index (χ2v) is 6.65. The summed E-state index contributed by atoms with van der Waals surface area (Å²) in [7, 11) is 0. The van der Waals surface area contributed by atoms with Crippen LogP contribution in [0.1, 0.15) is 29.4 Å². The van der Waals surface area contributed by atoms with Crippen molar-refractivity contribution in [3.63, 3.8) is 0 Å². The normalized spacial score (nSPS) is 20.7. The highest BCUT2D eigenvalue weighted by Gasteiger charge is 2.42. The van der Waals surface area contributed by atoms with E-state index in [4.69, 9.17) is 4.52 Å². The Morgan fingerprint density at radius 2 is 2.30 bits per heavy atom. The molecule has 7 nitrogen and oxygen atoms in total. The van der Waals surface area contributed by atoms with Crippen LogP contribution in [0.15, 0.2) is 22.0 Å². The van der Waals surface area contributed by atoms with Gasteiger partial charge >= 0.3 is 0 Å². The van der Waals surface area contributed by atoms with Crippen LogP contribution in [0.25, 0.3) is 0 Å². The molecule has 2 unspecified atom stereocenters. The van der Waals surface area contributed by atoms with Crippen LogP contribution in [0.3, 0.4) is 0 Å². The maximum Gasteiger partial charge on any atom is 0.232 e. The molecule has 1 aliphatic heterocycles. The Hall–Kier alpha value is -2.22. The average molecular weight is 334 g/mol. The number of aryl methyl sites for hydroxylation is 1. The van der Waals surface area contributed by atoms with Crippen molar-refractivity contribution in [1.82, 2.24) is 20.4 Å². The standard InChI is InChI=1S/C15H18N4O3S/c1-9-17-15(22-18-9)13-8-19(10(2)20)7-12(13)14(21)16-6-11-4-3-5-23-11/h3-5,12-13H,6-8H2,1-2H3,(H,16,21). The number of likely N-dealkylation sites (tertiary alicyclic amines) is 1. The topological polar surface area (TPSA) is 88.3 Å². The number of carbonyl (C=O) groups excluding carboxylic acids is 2. The second kappa shape index (κ2) is 6.49. The predicted molar refractivity (Wildman–Crippen MR) is 83.7 cm³/mol. The van der Waals surface area contributed by atoms with Crippen molar-refractivity contribution >= 4 is 23.2 Å². The van der Waals surface area contributed by atoms with Gasteiger partial charge in [-0.25, -0.2) is 0 Å². The molecule has 2 amide bonds. The molecule has 3 heterocycles. The fourth-order valence-corrected chi connectivity index (χ4v) is 3.40. The van der Waals surface area contributed by atoms with E-state index >= 15 is 0 Å². The molecule has 2 aromatic heterocycles. The van der Waals surface area contributed by atoms with Gasteiger partial charge in [0.25, 0.3) is 0 Å². The molecule has 0 radical (unpaired) electrons. The molecule has 2 aromatic rings.